The van der Waals surface area contributed by atoms with E-state index in [2.05, 4.69) is 5.10 Å². The SMILES string of the molecule is C[C@@H](O)c1cc([N+](=O)[O-])ccc1OCc1ccn(C)n1. The van der Waals surface area contributed by atoms with Crippen molar-refractivity contribution in [2.75, 3.05) is 0 Å². The van der Waals surface area contributed by atoms with Gasteiger partial charge in [0.25, 0.3) is 5.69 Å². The third-order valence-electron chi connectivity index (χ3n) is 2.80. The van der Waals surface area contributed by atoms with Crippen molar-refractivity contribution in [2.45, 2.75) is 19.6 Å². The van der Waals surface area contributed by atoms with E-state index in [-0.39, 0.29) is 12.3 Å². The highest BCUT2D eigenvalue weighted by Crippen LogP contribution is 2.29. The van der Waals surface area contributed by atoms with Crippen molar-refractivity contribution in [3.63, 3.8) is 0 Å². The number of ether oxygens (including phenoxy) is 1. The summed E-state index contributed by atoms with van der Waals surface area (Å²) in [5.41, 5.74) is 1.05. The second-order valence-electron chi connectivity index (χ2n) is 4.42. The Hall–Kier alpha value is -2.41. The van der Waals surface area contributed by atoms with E-state index in [9.17, 15) is 15.2 Å². The van der Waals surface area contributed by atoms with E-state index in [0.29, 0.717) is 11.3 Å². The molecule has 0 amide bonds. The normalized spacial score (nSPS) is 12.2. The first-order valence-electron chi connectivity index (χ1n) is 6.05. The first-order valence-corrected chi connectivity index (χ1v) is 6.05. The van der Waals surface area contributed by atoms with Crippen LogP contribution in [0.1, 0.15) is 24.3 Å². The van der Waals surface area contributed by atoms with E-state index in [1.807, 2.05) is 6.07 Å². The Bertz CT molecular complexity index is 622. The maximum absolute atomic E-state index is 10.7. The lowest BCUT2D eigenvalue weighted by Crippen LogP contribution is -2.03. The number of nitro benzene ring substituents is 1. The van der Waals surface area contributed by atoms with Crippen LogP contribution in [-0.2, 0) is 13.7 Å². The van der Waals surface area contributed by atoms with Crippen molar-refractivity contribution in [3.05, 3.63) is 51.8 Å². The number of aromatic nitrogens is 2. The Kier molecular flexibility index (Phi) is 3.99. The van der Waals surface area contributed by atoms with Crippen LogP contribution in [0.3, 0.4) is 0 Å². The Morgan fingerprint density at radius 1 is 1.50 bits per heavy atom. The van der Waals surface area contributed by atoms with Crippen LogP contribution in [0.5, 0.6) is 5.75 Å². The predicted molar refractivity (Wildman–Crippen MR) is 71.3 cm³/mol. The van der Waals surface area contributed by atoms with Crippen molar-refractivity contribution in [1.29, 1.82) is 0 Å². The van der Waals surface area contributed by atoms with Gasteiger partial charge >= 0.3 is 0 Å². The van der Waals surface area contributed by atoms with E-state index >= 15 is 0 Å². The molecule has 0 saturated heterocycles. The molecular weight excluding hydrogens is 262 g/mol. The number of benzene rings is 1. The van der Waals surface area contributed by atoms with Gasteiger partial charge in [-0.1, -0.05) is 0 Å². The number of aliphatic hydroxyl groups excluding tert-OH is 1. The van der Waals surface area contributed by atoms with Gasteiger partial charge in [0.1, 0.15) is 12.4 Å². The molecule has 20 heavy (non-hydrogen) atoms. The minimum absolute atomic E-state index is 0.0777. The molecule has 106 valence electrons. The van der Waals surface area contributed by atoms with Gasteiger partial charge in [0.2, 0.25) is 0 Å². The zero-order valence-corrected chi connectivity index (χ0v) is 11.2. The lowest BCUT2D eigenvalue weighted by atomic mass is 10.1. The molecule has 0 aliphatic heterocycles. The molecule has 0 bridgehead atoms. The first kappa shape index (κ1) is 14.0. The predicted octanol–water partition coefficient (Wildman–Crippen LogP) is 1.96. The number of nitrogens with zero attached hydrogens (tertiary/aromatic N) is 3. The van der Waals surface area contributed by atoms with Crippen molar-refractivity contribution < 1.29 is 14.8 Å². The zero-order valence-electron chi connectivity index (χ0n) is 11.2. The number of rotatable bonds is 5. The van der Waals surface area contributed by atoms with Crippen LogP contribution in [0.25, 0.3) is 0 Å². The van der Waals surface area contributed by atoms with Gasteiger partial charge in [0, 0.05) is 30.9 Å². The molecule has 0 aliphatic carbocycles. The van der Waals surface area contributed by atoms with E-state index in [4.69, 9.17) is 4.74 Å². The molecule has 1 N–H and O–H groups in total. The summed E-state index contributed by atoms with van der Waals surface area (Å²) in [4.78, 5) is 10.2. The standard InChI is InChI=1S/C13H15N3O4/c1-9(17)12-7-11(16(18)19)3-4-13(12)20-8-10-5-6-15(2)14-10/h3-7,9,17H,8H2,1-2H3/t9-/m1/s1. The van der Waals surface area contributed by atoms with Crippen molar-refractivity contribution in [2.24, 2.45) is 7.05 Å². The minimum Gasteiger partial charge on any atom is -0.487 e. The fraction of sp³-hybridized carbons (Fsp3) is 0.308. The average molecular weight is 277 g/mol. The highest BCUT2D eigenvalue weighted by atomic mass is 16.6. The molecule has 1 atom stereocenters. The zero-order chi connectivity index (χ0) is 14.7. The Labute approximate surface area is 115 Å². The molecule has 1 heterocycles. The van der Waals surface area contributed by atoms with Gasteiger partial charge in [-0.3, -0.25) is 14.8 Å². The molecule has 1 aromatic carbocycles. The summed E-state index contributed by atoms with van der Waals surface area (Å²) in [6.07, 6.45) is 0.943. The van der Waals surface area contributed by atoms with E-state index < -0.39 is 11.0 Å². The van der Waals surface area contributed by atoms with Crippen LogP contribution >= 0.6 is 0 Å². The molecule has 0 fully saturated rings. The fourth-order valence-electron chi connectivity index (χ4n) is 1.80. The van der Waals surface area contributed by atoms with Crippen LogP contribution in [0, 0.1) is 10.1 Å². The number of non-ortho nitro benzene ring substituents is 1. The molecule has 2 rings (SSSR count). The summed E-state index contributed by atoms with van der Waals surface area (Å²) in [5, 5.41) is 24.6. The van der Waals surface area contributed by atoms with E-state index in [1.54, 1.807) is 17.9 Å². The molecule has 0 saturated carbocycles. The third kappa shape index (κ3) is 3.12. The number of aryl methyl sites for hydroxylation is 1. The maximum atomic E-state index is 10.7. The van der Waals surface area contributed by atoms with Gasteiger partial charge in [-0.15, -0.1) is 0 Å². The highest BCUT2D eigenvalue weighted by molar-refractivity contribution is 5.44. The Morgan fingerprint density at radius 2 is 2.25 bits per heavy atom. The quantitative estimate of drug-likeness (QED) is 0.666. The lowest BCUT2D eigenvalue weighted by molar-refractivity contribution is -0.385. The number of aliphatic hydroxyl groups is 1. The summed E-state index contributed by atoms with van der Waals surface area (Å²) in [5.74, 6) is 0.413. The molecule has 0 aliphatic rings. The molecule has 0 radical (unpaired) electrons. The van der Waals surface area contributed by atoms with Crippen molar-refractivity contribution in [3.8, 4) is 5.75 Å². The van der Waals surface area contributed by atoms with Gasteiger partial charge in [-0.05, 0) is 19.1 Å². The van der Waals surface area contributed by atoms with Crippen molar-refractivity contribution >= 4 is 5.69 Å². The van der Waals surface area contributed by atoms with Gasteiger partial charge in [0.15, 0.2) is 0 Å². The second-order valence-corrected chi connectivity index (χ2v) is 4.42. The largest absolute Gasteiger partial charge is 0.487 e. The van der Waals surface area contributed by atoms with Crippen LogP contribution < -0.4 is 4.74 Å². The lowest BCUT2D eigenvalue weighted by Gasteiger charge is -2.12. The molecule has 1 aromatic heterocycles. The van der Waals surface area contributed by atoms with Crippen LogP contribution in [0.15, 0.2) is 30.5 Å². The van der Waals surface area contributed by atoms with Gasteiger partial charge in [-0.2, -0.15) is 5.10 Å². The maximum Gasteiger partial charge on any atom is 0.270 e. The van der Waals surface area contributed by atoms with Crippen molar-refractivity contribution in [1.82, 2.24) is 9.78 Å². The number of hydrogen-bond donors (Lipinski definition) is 1. The Balaban J connectivity index is 2.20. The monoisotopic (exact) mass is 277 g/mol. The average Bonchev–Trinajstić information content (AvgIpc) is 2.81. The number of nitro groups is 1. The molecular formula is C13H15N3O4. The fourth-order valence-corrected chi connectivity index (χ4v) is 1.80. The molecule has 0 unspecified atom stereocenters. The summed E-state index contributed by atoms with van der Waals surface area (Å²) in [7, 11) is 1.80. The first-order chi connectivity index (χ1) is 9.47. The second kappa shape index (κ2) is 5.70. The van der Waals surface area contributed by atoms with E-state index in [1.165, 1.54) is 25.1 Å². The molecule has 7 heteroatoms. The minimum atomic E-state index is -0.853. The van der Waals surface area contributed by atoms with E-state index in [0.717, 1.165) is 5.69 Å². The number of hydrogen-bond acceptors (Lipinski definition) is 5. The van der Waals surface area contributed by atoms with Crippen LogP contribution in [-0.4, -0.2) is 19.8 Å². The summed E-state index contributed by atoms with van der Waals surface area (Å²) in [6.45, 7) is 1.77. The topological polar surface area (TPSA) is 90.4 Å². The van der Waals surface area contributed by atoms with Crippen LogP contribution in [0.4, 0.5) is 5.69 Å². The summed E-state index contributed by atoms with van der Waals surface area (Å²) < 4.78 is 7.23. The highest BCUT2D eigenvalue weighted by Gasteiger charge is 2.15. The van der Waals surface area contributed by atoms with Gasteiger partial charge in [-0.25, -0.2) is 0 Å². The summed E-state index contributed by atoms with van der Waals surface area (Å²) in [6, 6.07) is 5.97. The van der Waals surface area contributed by atoms with Gasteiger partial charge in [0.05, 0.1) is 16.7 Å². The van der Waals surface area contributed by atoms with Crippen LogP contribution in [0.2, 0.25) is 0 Å². The molecule has 7 nitrogen and oxygen atoms in total. The smallest absolute Gasteiger partial charge is 0.270 e. The summed E-state index contributed by atoms with van der Waals surface area (Å²) >= 11 is 0. The Morgan fingerprint density at radius 3 is 2.80 bits per heavy atom. The molecule has 2 aromatic rings. The van der Waals surface area contributed by atoms with Gasteiger partial charge < -0.3 is 9.84 Å². The third-order valence-corrected chi connectivity index (χ3v) is 2.80. The molecule has 0 spiro atoms.